The topological polar surface area (TPSA) is 15.4 Å². The zero-order chi connectivity index (χ0) is 11.8. The maximum Gasteiger partial charge on any atom is 0.351 e. The van der Waals surface area contributed by atoms with Gasteiger partial charge in [-0.25, -0.2) is 0 Å². The summed E-state index contributed by atoms with van der Waals surface area (Å²) in [6.07, 6.45) is 0. The molecule has 84 valence electrons. The van der Waals surface area contributed by atoms with Gasteiger partial charge in [-0.2, -0.15) is 0 Å². The van der Waals surface area contributed by atoms with E-state index in [0.29, 0.717) is 0 Å². The molecule has 0 aromatic rings. The van der Waals surface area contributed by atoms with Crippen LogP contribution in [0.25, 0.3) is 0 Å². The molecule has 0 heterocycles. The molecule has 0 saturated heterocycles. The Morgan fingerprint density at radius 3 is 1.00 bits per heavy atom. The highest BCUT2D eigenvalue weighted by molar-refractivity contribution is 6.81. The van der Waals surface area contributed by atoms with Crippen molar-refractivity contribution in [1.82, 2.24) is 0 Å². The zero-order valence-corrected chi connectivity index (χ0v) is 14.4. The SMILES string of the molecule is C[Si](C)(C)N=[N+]([Si](C)(C)C)[Si](C)(C)C. The van der Waals surface area contributed by atoms with E-state index in [9.17, 15) is 0 Å². The summed E-state index contributed by atoms with van der Waals surface area (Å²) >= 11 is 0. The average Bonchev–Trinajstić information content (AvgIpc) is 1.75. The molecule has 0 fully saturated rings. The standard InChI is InChI=1S/C9H27N2Si3/c1-12(2,3)10-11(13(4,5)6)14(7,8)9/h1-9H3/q+1. The number of rotatable bonds is 3. The molecule has 0 bridgehead atoms. The molecule has 0 radical (unpaired) electrons. The van der Waals surface area contributed by atoms with E-state index in [2.05, 4.69) is 63.0 Å². The summed E-state index contributed by atoms with van der Waals surface area (Å²) in [5.41, 5.74) is 0. The predicted molar refractivity (Wildman–Crippen MR) is 72.7 cm³/mol. The summed E-state index contributed by atoms with van der Waals surface area (Å²) in [7, 11) is -3.86. The molecule has 14 heavy (non-hydrogen) atoms. The molecule has 2 nitrogen and oxygen atoms in total. The third-order valence-corrected chi connectivity index (χ3v) is 9.64. The van der Waals surface area contributed by atoms with Crippen molar-refractivity contribution in [2.75, 3.05) is 0 Å². The molecule has 0 atom stereocenters. The van der Waals surface area contributed by atoms with Gasteiger partial charge < -0.3 is 0 Å². The molecular weight excluding hydrogens is 220 g/mol. The van der Waals surface area contributed by atoms with Crippen LogP contribution in [-0.4, -0.2) is 28.7 Å². The molecule has 0 aliphatic carbocycles. The molecule has 0 aromatic heterocycles. The Labute approximate surface area is 92.7 Å². The van der Waals surface area contributed by atoms with E-state index < -0.39 is 24.7 Å². The molecular formula is C9H27N2Si3+. The lowest BCUT2D eigenvalue weighted by molar-refractivity contribution is -0.327. The van der Waals surface area contributed by atoms with Crippen LogP contribution in [0.2, 0.25) is 58.9 Å². The fraction of sp³-hybridized carbons (Fsp3) is 1.00. The largest absolute Gasteiger partial charge is 0.351 e. The van der Waals surface area contributed by atoms with Gasteiger partial charge in [-0.3, -0.25) is 4.03 Å². The summed E-state index contributed by atoms with van der Waals surface area (Å²) < 4.78 is 7.59. The number of nitrogens with zero attached hydrogens (tertiary/aromatic N) is 2. The second kappa shape index (κ2) is 4.02. The van der Waals surface area contributed by atoms with Gasteiger partial charge in [-0.15, -0.1) is 4.78 Å². The quantitative estimate of drug-likeness (QED) is 0.530. The van der Waals surface area contributed by atoms with Crippen LogP contribution in [0.3, 0.4) is 0 Å². The van der Waals surface area contributed by atoms with Crippen molar-refractivity contribution in [3.05, 3.63) is 0 Å². The Balaban J connectivity index is 5.26. The molecule has 0 aliphatic rings. The normalized spacial score (nSPS) is 14.1. The summed E-state index contributed by atoms with van der Waals surface area (Å²) in [5, 5.41) is 0. The summed E-state index contributed by atoms with van der Waals surface area (Å²) in [5.74, 6) is 0. The monoisotopic (exact) mass is 247 g/mol. The van der Waals surface area contributed by atoms with E-state index in [4.69, 9.17) is 4.78 Å². The van der Waals surface area contributed by atoms with Gasteiger partial charge in [-0.05, 0) is 58.9 Å². The van der Waals surface area contributed by atoms with E-state index in [1.807, 2.05) is 0 Å². The van der Waals surface area contributed by atoms with E-state index in [1.54, 1.807) is 0 Å². The van der Waals surface area contributed by atoms with E-state index in [1.165, 1.54) is 0 Å². The Morgan fingerprint density at radius 1 is 0.643 bits per heavy atom. The van der Waals surface area contributed by atoms with Crippen molar-refractivity contribution in [3.63, 3.8) is 0 Å². The van der Waals surface area contributed by atoms with Crippen LogP contribution < -0.4 is 0 Å². The first-order valence-electron chi connectivity index (χ1n) is 5.37. The van der Waals surface area contributed by atoms with Gasteiger partial charge in [0.1, 0.15) is 0 Å². The van der Waals surface area contributed by atoms with E-state index in [0.717, 1.165) is 0 Å². The molecule has 0 rings (SSSR count). The van der Waals surface area contributed by atoms with Gasteiger partial charge in [0.15, 0.2) is 0 Å². The lowest BCUT2D eigenvalue weighted by atomic mass is 11.8. The first-order valence-corrected chi connectivity index (χ1v) is 15.7. The van der Waals surface area contributed by atoms with Gasteiger partial charge in [0.05, 0.1) is 0 Å². The average molecular weight is 248 g/mol. The van der Waals surface area contributed by atoms with Crippen molar-refractivity contribution in [1.29, 1.82) is 0 Å². The fourth-order valence-corrected chi connectivity index (χ4v) is 14.5. The Morgan fingerprint density at radius 2 is 0.929 bits per heavy atom. The van der Waals surface area contributed by atoms with Crippen LogP contribution in [0.15, 0.2) is 4.78 Å². The van der Waals surface area contributed by atoms with Crippen molar-refractivity contribution in [2.24, 2.45) is 4.78 Å². The van der Waals surface area contributed by atoms with Crippen molar-refractivity contribution < 1.29 is 4.03 Å². The van der Waals surface area contributed by atoms with Gasteiger partial charge in [-0.1, -0.05) is 0 Å². The summed E-state index contributed by atoms with van der Waals surface area (Å²) in [4.78, 5) is 0. The first-order chi connectivity index (χ1) is 5.84. The van der Waals surface area contributed by atoms with Crippen molar-refractivity contribution in [2.45, 2.75) is 58.9 Å². The molecule has 5 heteroatoms. The summed E-state index contributed by atoms with van der Waals surface area (Å²) in [6.45, 7) is 21.3. The maximum absolute atomic E-state index is 5.05. The highest BCUT2D eigenvalue weighted by atomic mass is 28.4. The Kier molecular flexibility index (Phi) is 4.09. The Bertz CT molecular complexity index is 212. The van der Waals surface area contributed by atoms with Gasteiger partial charge in [0, 0.05) is 0 Å². The molecule has 0 aliphatic heterocycles. The molecule has 0 unspecified atom stereocenters. The third-order valence-electron chi connectivity index (χ3n) is 1.67. The lowest BCUT2D eigenvalue weighted by Crippen LogP contribution is -2.52. The van der Waals surface area contributed by atoms with Gasteiger partial charge in [0.2, 0.25) is 8.24 Å². The lowest BCUT2D eigenvalue weighted by Gasteiger charge is -2.26. The summed E-state index contributed by atoms with van der Waals surface area (Å²) in [6, 6.07) is 0. The maximum atomic E-state index is 5.05. The molecule has 0 aromatic carbocycles. The molecule has 0 amide bonds. The van der Waals surface area contributed by atoms with Crippen LogP contribution in [0.4, 0.5) is 0 Å². The van der Waals surface area contributed by atoms with E-state index in [-0.39, 0.29) is 0 Å². The molecule has 0 spiro atoms. The Hall–Kier alpha value is 0.251. The van der Waals surface area contributed by atoms with Crippen LogP contribution in [0.1, 0.15) is 0 Å². The minimum absolute atomic E-state index is 1.27. The van der Waals surface area contributed by atoms with Crippen LogP contribution >= 0.6 is 0 Å². The number of hydrogen-bond acceptors (Lipinski definition) is 1. The fourth-order valence-electron chi connectivity index (χ4n) is 1.61. The second-order valence-electron chi connectivity index (χ2n) is 6.92. The number of hydrogen-bond donors (Lipinski definition) is 0. The molecule has 0 saturated carbocycles. The van der Waals surface area contributed by atoms with Gasteiger partial charge >= 0.3 is 16.5 Å². The van der Waals surface area contributed by atoms with Crippen LogP contribution in [0.5, 0.6) is 0 Å². The third kappa shape index (κ3) is 5.21. The van der Waals surface area contributed by atoms with Crippen molar-refractivity contribution >= 4 is 24.7 Å². The predicted octanol–water partition coefficient (Wildman–Crippen LogP) is 3.96. The highest BCUT2D eigenvalue weighted by Crippen LogP contribution is 2.17. The van der Waals surface area contributed by atoms with Crippen LogP contribution in [0, 0.1) is 0 Å². The van der Waals surface area contributed by atoms with Crippen LogP contribution in [-0.2, 0) is 0 Å². The second-order valence-corrected chi connectivity index (χ2v) is 21.4. The minimum Gasteiger partial charge on any atom is -0.283 e. The minimum atomic E-state index is -1.32. The van der Waals surface area contributed by atoms with Gasteiger partial charge in [0.25, 0.3) is 0 Å². The zero-order valence-electron chi connectivity index (χ0n) is 11.4. The highest BCUT2D eigenvalue weighted by Gasteiger charge is 2.43. The van der Waals surface area contributed by atoms with Crippen molar-refractivity contribution in [3.8, 4) is 0 Å². The smallest absolute Gasteiger partial charge is 0.283 e. The molecule has 0 N–H and O–H groups in total. The van der Waals surface area contributed by atoms with E-state index >= 15 is 0 Å². The first kappa shape index (κ1) is 14.3.